The van der Waals surface area contributed by atoms with Crippen molar-refractivity contribution in [3.63, 3.8) is 0 Å². The second-order valence-corrected chi connectivity index (χ2v) is 21.6. The molecule has 10 nitrogen and oxygen atoms in total. The predicted octanol–water partition coefficient (Wildman–Crippen LogP) is 15.3. The number of piperidine rings is 2. The van der Waals surface area contributed by atoms with Gasteiger partial charge in [0.05, 0.1) is 31.7 Å². The number of carboxylic acid groups (broad SMARTS) is 1. The Bertz CT molecular complexity index is 1200. The number of esters is 3. The van der Waals surface area contributed by atoms with E-state index in [0.29, 0.717) is 44.5 Å². The number of carbonyl (C=O) groups excluding carboxylic acids is 3. The van der Waals surface area contributed by atoms with Crippen LogP contribution in [0.2, 0.25) is 0 Å². The minimum atomic E-state index is -0.742. The van der Waals surface area contributed by atoms with Crippen molar-refractivity contribution in [3.05, 3.63) is 0 Å². The first-order chi connectivity index (χ1) is 33.6. The predicted molar refractivity (Wildman–Crippen MR) is 287 cm³/mol. The Morgan fingerprint density at radius 2 is 0.725 bits per heavy atom. The van der Waals surface area contributed by atoms with Gasteiger partial charge in [-0.3, -0.25) is 19.2 Å². The van der Waals surface area contributed by atoms with E-state index in [1.807, 2.05) is 0 Å². The molecule has 0 amide bonds. The van der Waals surface area contributed by atoms with Crippen LogP contribution < -0.4 is 0 Å². The lowest BCUT2D eigenvalue weighted by Crippen LogP contribution is -2.34. The fraction of sp³-hybridized carbons (Fsp3) is 0.932. The number of carboxylic acids is 1. The van der Waals surface area contributed by atoms with Gasteiger partial charge in [-0.2, -0.15) is 0 Å². The van der Waals surface area contributed by atoms with Gasteiger partial charge in [0.1, 0.15) is 0 Å². The van der Waals surface area contributed by atoms with E-state index >= 15 is 0 Å². The van der Waals surface area contributed by atoms with E-state index in [-0.39, 0.29) is 36.2 Å². The van der Waals surface area contributed by atoms with Crippen LogP contribution in [0.5, 0.6) is 0 Å². The quantitative estimate of drug-likeness (QED) is 0.0359. The van der Waals surface area contributed by atoms with Crippen molar-refractivity contribution >= 4 is 23.9 Å². The Kier molecular flexibility index (Phi) is 44.0. The van der Waals surface area contributed by atoms with Gasteiger partial charge in [0.25, 0.3) is 0 Å². The molecule has 2 saturated heterocycles. The van der Waals surface area contributed by atoms with Crippen molar-refractivity contribution in [1.29, 1.82) is 0 Å². The van der Waals surface area contributed by atoms with E-state index in [2.05, 4.69) is 44.7 Å². The molecule has 0 saturated carbocycles. The highest BCUT2D eigenvalue weighted by Gasteiger charge is 2.27. The summed E-state index contributed by atoms with van der Waals surface area (Å²) in [6.45, 7) is 12.2. The summed E-state index contributed by atoms with van der Waals surface area (Å²) in [6.07, 6.45) is 44.7. The lowest BCUT2D eigenvalue weighted by atomic mass is 9.95. The number of likely N-dealkylation sites (tertiary alicyclic amines) is 2. The number of nitrogens with zero attached hydrogens (tertiary/aromatic N) is 2. The topological polar surface area (TPSA) is 123 Å². The number of carbonyl (C=O) groups is 4. The van der Waals surface area contributed by atoms with Crippen LogP contribution >= 0.6 is 0 Å². The summed E-state index contributed by atoms with van der Waals surface area (Å²) in [4.78, 5) is 52.7. The maximum absolute atomic E-state index is 12.7. The highest BCUT2D eigenvalue weighted by atomic mass is 16.5. The third-order valence-corrected chi connectivity index (χ3v) is 15.0. The van der Waals surface area contributed by atoms with E-state index in [4.69, 9.17) is 19.3 Å². The number of rotatable bonds is 44. The summed E-state index contributed by atoms with van der Waals surface area (Å²) < 4.78 is 17.0. The molecule has 2 aliphatic rings. The van der Waals surface area contributed by atoms with Gasteiger partial charge >= 0.3 is 23.9 Å². The van der Waals surface area contributed by atoms with Crippen LogP contribution in [0.15, 0.2) is 0 Å². The molecular weight excluding hydrogens is 865 g/mol. The van der Waals surface area contributed by atoms with Gasteiger partial charge in [0.15, 0.2) is 0 Å². The van der Waals surface area contributed by atoms with Crippen LogP contribution in [0.1, 0.15) is 271 Å². The third kappa shape index (κ3) is 40.0. The molecule has 2 atom stereocenters. The number of hydrogen-bond donors (Lipinski definition) is 1. The minimum Gasteiger partial charge on any atom is -0.481 e. The lowest BCUT2D eigenvalue weighted by molar-refractivity contribution is -0.152. The average Bonchev–Trinajstić information content (AvgIpc) is 3.34. The van der Waals surface area contributed by atoms with Crippen molar-refractivity contribution in [2.75, 3.05) is 60.1 Å². The molecule has 69 heavy (non-hydrogen) atoms. The molecule has 2 heterocycles. The zero-order valence-corrected chi connectivity index (χ0v) is 46.0. The summed E-state index contributed by atoms with van der Waals surface area (Å²) in [7, 11) is 4.20. The maximum Gasteiger partial charge on any atom is 0.309 e. The van der Waals surface area contributed by atoms with E-state index in [9.17, 15) is 19.2 Å². The van der Waals surface area contributed by atoms with E-state index < -0.39 is 5.97 Å². The number of hydrogen-bond acceptors (Lipinski definition) is 9. The molecular formula is C59H112N2O8. The van der Waals surface area contributed by atoms with E-state index in [1.54, 1.807) is 0 Å². The zero-order chi connectivity index (χ0) is 50.4. The van der Waals surface area contributed by atoms with Crippen LogP contribution in [0.4, 0.5) is 0 Å². The largest absolute Gasteiger partial charge is 0.481 e. The molecule has 1 N–H and O–H groups in total. The van der Waals surface area contributed by atoms with Crippen molar-refractivity contribution in [3.8, 4) is 0 Å². The van der Waals surface area contributed by atoms with E-state index in [1.165, 1.54) is 154 Å². The normalized spacial score (nSPS) is 15.8. The Hall–Kier alpha value is -2.20. The van der Waals surface area contributed by atoms with Gasteiger partial charge in [-0.25, -0.2) is 0 Å². The van der Waals surface area contributed by atoms with Crippen molar-refractivity contribution in [1.82, 2.24) is 9.80 Å². The van der Waals surface area contributed by atoms with Gasteiger partial charge in [0.2, 0.25) is 0 Å². The van der Waals surface area contributed by atoms with Gasteiger partial charge in [0, 0.05) is 12.8 Å². The molecule has 406 valence electrons. The molecule has 2 aliphatic heterocycles. The number of aliphatic carboxylic acids is 1. The van der Waals surface area contributed by atoms with E-state index in [0.717, 1.165) is 103 Å². The highest BCUT2D eigenvalue weighted by Crippen LogP contribution is 2.24. The Morgan fingerprint density at radius 1 is 0.420 bits per heavy atom. The first-order valence-electron chi connectivity index (χ1n) is 29.7. The molecule has 0 aromatic carbocycles. The fourth-order valence-electron chi connectivity index (χ4n) is 9.98. The van der Waals surface area contributed by atoms with Crippen molar-refractivity contribution < 1.29 is 38.5 Å². The second-order valence-electron chi connectivity index (χ2n) is 21.6. The summed E-state index contributed by atoms with van der Waals surface area (Å²) in [5.74, 6) is -0.114. The molecule has 2 unspecified atom stereocenters. The molecule has 2 rings (SSSR count). The molecule has 10 heteroatoms. The third-order valence-electron chi connectivity index (χ3n) is 15.0. The van der Waals surface area contributed by atoms with Crippen molar-refractivity contribution in [2.24, 2.45) is 23.7 Å². The van der Waals surface area contributed by atoms with Gasteiger partial charge in [-0.05, 0) is 123 Å². The summed E-state index contributed by atoms with van der Waals surface area (Å²) >= 11 is 0. The average molecular weight is 978 g/mol. The number of ether oxygens (including phenoxy) is 3. The summed E-state index contributed by atoms with van der Waals surface area (Å²) in [5.41, 5.74) is 0. The van der Waals surface area contributed by atoms with Gasteiger partial charge < -0.3 is 29.1 Å². The van der Waals surface area contributed by atoms with Gasteiger partial charge in [-0.15, -0.1) is 0 Å². The fourth-order valence-corrected chi connectivity index (χ4v) is 9.98. The highest BCUT2D eigenvalue weighted by molar-refractivity contribution is 5.73. The molecule has 0 spiro atoms. The first-order valence-corrected chi connectivity index (χ1v) is 29.7. The van der Waals surface area contributed by atoms with Crippen LogP contribution in [0.3, 0.4) is 0 Å². The first kappa shape index (κ1) is 64.8. The summed E-state index contributed by atoms with van der Waals surface area (Å²) in [5, 5.41) is 8.88. The number of unbranched alkanes of at least 4 members (excludes halogenated alkanes) is 24. The minimum absolute atomic E-state index is 0.00888. The van der Waals surface area contributed by atoms with Crippen LogP contribution in [0.25, 0.3) is 0 Å². The van der Waals surface area contributed by atoms with Crippen LogP contribution in [0, 0.1) is 23.7 Å². The van der Waals surface area contributed by atoms with Crippen LogP contribution in [-0.2, 0) is 33.4 Å². The molecule has 0 radical (unpaired) electrons. The molecule has 2 fully saturated rings. The molecule has 0 aromatic rings. The molecule has 0 aromatic heterocycles. The van der Waals surface area contributed by atoms with Gasteiger partial charge in [-0.1, -0.05) is 188 Å². The second kappa shape index (κ2) is 46.8. The maximum atomic E-state index is 12.7. The monoisotopic (exact) mass is 977 g/mol. The lowest BCUT2D eigenvalue weighted by Gasteiger charge is -2.28. The Morgan fingerprint density at radius 3 is 1.07 bits per heavy atom. The molecule has 0 aliphatic carbocycles. The zero-order valence-electron chi connectivity index (χ0n) is 46.0. The molecule has 0 bridgehead atoms. The SMILES string of the molecule is CCCCCCCCCCC(CCCC(=O)O)COC(=O)C1CCN(C)CC1.CCCCCCCCCCCCCOC(=O)CCCC(CCCCCCCCCC)COC(=O)C1CCN(C)CC1. The Balaban J connectivity index is 0.000000741. The summed E-state index contributed by atoms with van der Waals surface area (Å²) in [6, 6.07) is 0. The Labute approximate surface area is 425 Å². The van der Waals surface area contributed by atoms with Crippen molar-refractivity contribution in [2.45, 2.75) is 271 Å². The smallest absolute Gasteiger partial charge is 0.309 e. The standard InChI is InChI=1S/C36H69NO4.C23H43NO4/c1-4-6-8-10-12-14-15-16-18-20-22-31-40-35(38)26-23-25-33(24-21-19-17-13-11-9-7-5-2)32-41-36(39)34-27-29-37(3)30-28-34;1-3-4-5-6-7-8-9-10-12-20(13-11-14-22(25)26)19-28-23(27)21-15-17-24(2)18-16-21/h33-34H,4-32H2,1-3H3;20-21H,3-19H2,1-2H3,(H,25,26). The van der Waals surface area contributed by atoms with Crippen LogP contribution in [-0.4, -0.2) is 98.9 Å².